The van der Waals surface area contributed by atoms with Gasteiger partial charge >= 0.3 is 0 Å². The lowest BCUT2D eigenvalue weighted by molar-refractivity contribution is -0.129. The monoisotopic (exact) mass is 302 g/mol. The third-order valence-corrected chi connectivity index (χ3v) is 5.18. The predicted molar refractivity (Wildman–Crippen MR) is 86.3 cm³/mol. The molecule has 22 heavy (non-hydrogen) atoms. The van der Waals surface area contributed by atoms with E-state index in [9.17, 15) is 9.90 Å². The Hall–Kier alpha value is -1.39. The molecular formula is C18H26N2O2. The van der Waals surface area contributed by atoms with Crippen LogP contribution >= 0.6 is 0 Å². The molecule has 2 fully saturated rings. The Kier molecular flexibility index (Phi) is 4.50. The number of rotatable bonds is 3. The van der Waals surface area contributed by atoms with Crippen LogP contribution in [-0.2, 0) is 4.79 Å². The fraction of sp³-hybridized carbons (Fsp3) is 0.611. The van der Waals surface area contributed by atoms with Crippen molar-refractivity contribution in [2.24, 2.45) is 5.92 Å². The van der Waals surface area contributed by atoms with Gasteiger partial charge in [-0.05, 0) is 38.3 Å². The van der Waals surface area contributed by atoms with Gasteiger partial charge in [-0.3, -0.25) is 4.79 Å². The summed E-state index contributed by atoms with van der Waals surface area (Å²) in [5.41, 5.74) is 0.222. The van der Waals surface area contributed by atoms with Gasteiger partial charge < -0.3 is 15.7 Å². The van der Waals surface area contributed by atoms with E-state index in [1.807, 2.05) is 37.3 Å². The molecule has 1 heterocycles. The number of carbonyl (C=O) groups is 1. The van der Waals surface area contributed by atoms with Crippen molar-refractivity contribution in [2.45, 2.75) is 56.7 Å². The Morgan fingerprint density at radius 3 is 2.64 bits per heavy atom. The molecule has 0 radical (unpaired) electrons. The Bertz CT molecular complexity index is 509. The van der Waals surface area contributed by atoms with Gasteiger partial charge in [0, 0.05) is 5.92 Å². The summed E-state index contributed by atoms with van der Waals surface area (Å²) >= 11 is 0. The van der Waals surface area contributed by atoms with Crippen molar-refractivity contribution in [1.29, 1.82) is 0 Å². The lowest BCUT2D eigenvalue weighted by Gasteiger charge is -2.44. The molecule has 1 saturated heterocycles. The lowest BCUT2D eigenvalue weighted by Crippen LogP contribution is -2.62. The number of benzene rings is 1. The van der Waals surface area contributed by atoms with Gasteiger partial charge in [0.15, 0.2) is 0 Å². The predicted octanol–water partition coefficient (Wildman–Crippen LogP) is 2.15. The highest BCUT2D eigenvalue weighted by atomic mass is 16.3. The molecular weight excluding hydrogens is 276 g/mol. The zero-order valence-corrected chi connectivity index (χ0v) is 13.2. The fourth-order valence-corrected chi connectivity index (χ4v) is 3.78. The van der Waals surface area contributed by atoms with Crippen LogP contribution in [0, 0.1) is 5.92 Å². The van der Waals surface area contributed by atoms with Gasteiger partial charge in [-0.1, -0.05) is 43.2 Å². The third-order valence-electron chi connectivity index (χ3n) is 5.18. The molecule has 4 heteroatoms. The van der Waals surface area contributed by atoms with Crippen LogP contribution in [0.3, 0.4) is 0 Å². The van der Waals surface area contributed by atoms with E-state index in [1.165, 1.54) is 0 Å². The van der Waals surface area contributed by atoms with Crippen molar-refractivity contribution in [2.75, 3.05) is 6.54 Å². The zero-order valence-electron chi connectivity index (χ0n) is 13.2. The number of nitrogens with one attached hydrogen (secondary N) is 2. The molecule has 120 valence electrons. The first kappa shape index (κ1) is 15.5. The van der Waals surface area contributed by atoms with Crippen LogP contribution in [0.2, 0.25) is 0 Å². The van der Waals surface area contributed by atoms with Crippen molar-refractivity contribution in [3.8, 4) is 0 Å². The first-order valence-corrected chi connectivity index (χ1v) is 8.39. The van der Waals surface area contributed by atoms with Crippen molar-refractivity contribution in [1.82, 2.24) is 10.6 Å². The molecule has 1 aliphatic carbocycles. The quantitative estimate of drug-likeness (QED) is 0.802. The second-order valence-electron chi connectivity index (χ2n) is 6.92. The molecule has 1 aliphatic heterocycles. The lowest BCUT2D eigenvalue weighted by atomic mass is 9.80. The van der Waals surface area contributed by atoms with E-state index in [4.69, 9.17) is 0 Å². The van der Waals surface area contributed by atoms with Crippen LogP contribution in [0.4, 0.5) is 0 Å². The maximum absolute atomic E-state index is 12.5. The van der Waals surface area contributed by atoms with Crippen LogP contribution in [0.5, 0.6) is 0 Å². The molecule has 1 aromatic carbocycles. The highest BCUT2D eigenvalue weighted by Gasteiger charge is 2.43. The molecule has 3 rings (SSSR count). The minimum Gasteiger partial charge on any atom is -0.388 e. The van der Waals surface area contributed by atoms with Crippen molar-refractivity contribution in [3.05, 3.63) is 35.9 Å². The summed E-state index contributed by atoms with van der Waals surface area (Å²) in [4.78, 5) is 12.5. The molecule has 3 atom stereocenters. The standard InChI is InChI=1S/C18H26N2O2/c1-18(22)11-12-19-15(13-7-3-2-4-8-13)16(18)20-17(21)14-9-5-6-10-14/h2-4,7-8,14-16,19,22H,5-6,9-12H2,1H3,(H,20,21)/t15-,16-,18+/m0/s1. The van der Waals surface area contributed by atoms with Crippen molar-refractivity contribution >= 4 is 5.91 Å². The molecule has 1 amide bonds. The van der Waals surface area contributed by atoms with E-state index in [0.717, 1.165) is 37.8 Å². The van der Waals surface area contributed by atoms with Gasteiger partial charge in [-0.15, -0.1) is 0 Å². The summed E-state index contributed by atoms with van der Waals surface area (Å²) in [6.45, 7) is 2.59. The summed E-state index contributed by atoms with van der Waals surface area (Å²) in [6, 6.07) is 9.73. The van der Waals surface area contributed by atoms with Crippen LogP contribution in [0.25, 0.3) is 0 Å². The topological polar surface area (TPSA) is 61.4 Å². The average Bonchev–Trinajstić information content (AvgIpc) is 3.04. The highest BCUT2D eigenvalue weighted by molar-refractivity contribution is 5.79. The van der Waals surface area contributed by atoms with E-state index < -0.39 is 5.60 Å². The number of amides is 1. The minimum absolute atomic E-state index is 0.0460. The van der Waals surface area contributed by atoms with Crippen LogP contribution in [-0.4, -0.2) is 29.2 Å². The SMILES string of the molecule is C[C@@]1(O)CCN[C@@H](c2ccccc2)[C@@H]1NC(=O)C1CCCC1. The second kappa shape index (κ2) is 6.39. The van der Waals surface area contributed by atoms with E-state index in [-0.39, 0.29) is 23.9 Å². The summed E-state index contributed by atoms with van der Waals surface area (Å²) in [6.07, 6.45) is 4.87. The Labute approximate surface area is 132 Å². The first-order valence-electron chi connectivity index (χ1n) is 8.39. The number of aliphatic hydroxyl groups is 1. The van der Waals surface area contributed by atoms with E-state index in [1.54, 1.807) is 0 Å². The molecule has 2 aliphatic rings. The van der Waals surface area contributed by atoms with Gasteiger partial charge in [0.1, 0.15) is 0 Å². The molecule has 0 bridgehead atoms. The molecule has 3 N–H and O–H groups in total. The molecule has 1 saturated carbocycles. The van der Waals surface area contributed by atoms with Crippen LogP contribution < -0.4 is 10.6 Å². The Morgan fingerprint density at radius 1 is 1.27 bits per heavy atom. The number of hydrogen-bond acceptors (Lipinski definition) is 3. The first-order chi connectivity index (χ1) is 10.6. The van der Waals surface area contributed by atoms with Gasteiger partial charge in [0.05, 0.1) is 17.7 Å². The molecule has 1 aromatic rings. The maximum atomic E-state index is 12.5. The summed E-state index contributed by atoms with van der Waals surface area (Å²) in [5, 5.41) is 17.4. The third kappa shape index (κ3) is 3.18. The van der Waals surface area contributed by atoms with Crippen LogP contribution in [0.15, 0.2) is 30.3 Å². The van der Waals surface area contributed by atoms with E-state index in [2.05, 4.69) is 10.6 Å². The average molecular weight is 302 g/mol. The van der Waals surface area contributed by atoms with Gasteiger partial charge in [0.2, 0.25) is 5.91 Å². The van der Waals surface area contributed by atoms with Crippen molar-refractivity contribution < 1.29 is 9.90 Å². The van der Waals surface area contributed by atoms with Crippen LogP contribution in [0.1, 0.15) is 50.6 Å². The molecule has 0 unspecified atom stereocenters. The maximum Gasteiger partial charge on any atom is 0.223 e. The normalized spacial score (nSPS) is 32.8. The van der Waals surface area contributed by atoms with E-state index in [0.29, 0.717) is 6.42 Å². The number of piperidine rings is 1. The van der Waals surface area contributed by atoms with Gasteiger partial charge in [-0.2, -0.15) is 0 Å². The van der Waals surface area contributed by atoms with Gasteiger partial charge in [-0.25, -0.2) is 0 Å². The largest absolute Gasteiger partial charge is 0.388 e. The molecule has 0 aromatic heterocycles. The summed E-state index contributed by atoms with van der Waals surface area (Å²) in [5.74, 6) is 0.224. The summed E-state index contributed by atoms with van der Waals surface area (Å²) < 4.78 is 0. The second-order valence-corrected chi connectivity index (χ2v) is 6.92. The highest BCUT2D eigenvalue weighted by Crippen LogP contribution is 2.32. The fourth-order valence-electron chi connectivity index (χ4n) is 3.78. The Morgan fingerprint density at radius 2 is 1.95 bits per heavy atom. The molecule has 4 nitrogen and oxygen atoms in total. The number of hydrogen-bond donors (Lipinski definition) is 3. The Balaban J connectivity index is 1.80. The minimum atomic E-state index is -0.889. The summed E-state index contributed by atoms with van der Waals surface area (Å²) in [7, 11) is 0. The zero-order chi connectivity index (χ0) is 15.6. The smallest absolute Gasteiger partial charge is 0.223 e. The van der Waals surface area contributed by atoms with Crippen molar-refractivity contribution in [3.63, 3.8) is 0 Å². The molecule has 0 spiro atoms. The number of carbonyl (C=O) groups excluding carboxylic acids is 1. The van der Waals surface area contributed by atoms with Gasteiger partial charge in [0.25, 0.3) is 0 Å². The van der Waals surface area contributed by atoms with E-state index >= 15 is 0 Å².